The summed E-state index contributed by atoms with van der Waals surface area (Å²) in [5, 5.41) is 10.5. The minimum atomic E-state index is -4.74. The van der Waals surface area contributed by atoms with Gasteiger partial charge < -0.3 is 9.67 Å². The molecule has 0 spiro atoms. The summed E-state index contributed by atoms with van der Waals surface area (Å²) in [6.45, 7) is 3.58. The van der Waals surface area contributed by atoms with E-state index in [4.69, 9.17) is 5.11 Å². The standard InChI is InChI=1S/C23H18F4N2O2S2/c1-12-7-15-8-16(4-6-19(15)29(12)10-21(30)31)32-11-20-13(2)28-22(33-20)14-3-5-17(18(24)9-14)23(25,26)27/h3-9H,10-11H2,1-2H3,(H,30,31). The number of alkyl halides is 3. The molecule has 0 radical (unpaired) electrons. The maximum Gasteiger partial charge on any atom is 0.419 e. The van der Waals surface area contributed by atoms with Gasteiger partial charge >= 0.3 is 12.1 Å². The van der Waals surface area contributed by atoms with Crippen molar-refractivity contribution in [3.63, 3.8) is 0 Å². The number of hydrogen-bond donors (Lipinski definition) is 1. The van der Waals surface area contributed by atoms with Crippen LogP contribution in [0.15, 0.2) is 47.4 Å². The van der Waals surface area contributed by atoms with Gasteiger partial charge in [0.1, 0.15) is 17.4 Å². The van der Waals surface area contributed by atoms with Crippen molar-refractivity contribution in [2.24, 2.45) is 0 Å². The quantitative estimate of drug-likeness (QED) is 0.234. The second-order valence-corrected chi connectivity index (χ2v) is 9.63. The Morgan fingerprint density at radius 3 is 2.58 bits per heavy atom. The summed E-state index contributed by atoms with van der Waals surface area (Å²) in [6, 6.07) is 10.6. The van der Waals surface area contributed by atoms with Crippen molar-refractivity contribution in [1.29, 1.82) is 0 Å². The largest absolute Gasteiger partial charge is 0.480 e. The molecule has 0 fully saturated rings. The highest BCUT2D eigenvalue weighted by molar-refractivity contribution is 7.98. The fraction of sp³-hybridized carbons (Fsp3) is 0.217. The lowest BCUT2D eigenvalue weighted by Crippen LogP contribution is -2.09. The van der Waals surface area contributed by atoms with Gasteiger partial charge in [-0.05, 0) is 50.2 Å². The maximum atomic E-state index is 14.0. The van der Waals surface area contributed by atoms with E-state index in [9.17, 15) is 22.4 Å². The summed E-state index contributed by atoms with van der Waals surface area (Å²) in [5.74, 6) is -1.63. The zero-order valence-electron chi connectivity index (χ0n) is 17.5. The Bertz CT molecular complexity index is 1360. The third-order valence-corrected chi connectivity index (χ3v) is 7.57. The number of carboxylic acid groups (broad SMARTS) is 1. The summed E-state index contributed by atoms with van der Waals surface area (Å²) < 4.78 is 54.1. The molecule has 0 saturated carbocycles. The van der Waals surface area contributed by atoms with Gasteiger partial charge in [-0.1, -0.05) is 6.07 Å². The molecule has 2 aromatic heterocycles. The highest BCUT2D eigenvalue weighted by Gasteiger charge is 2.34. The third-order valence-electron chi connectivity index (χ3n) is 5.16. The van der Waals surface area contributed by atoms with Crippen LogP contribution in [0.2, 0.25) is 0 Å². The predicted molar refractivity (Wildman–Crippen MR) is 121 cm³/mol. The molecule has 0 atom stereocenters. The van der Waals surface area contributed by atoms with E-state index in [-0.39, 0.29) is 6.54 Å². The second-order valence-electron chi connectivity index (χ2n) is 7.49. The van der Waals surface area contributed by atoms with Crippen molar-refractivity contribution >= 4 is 40.0 Å². The maximum absolute atomic E-state index is 14.0. The number of carboxylic acids is 1. The van der Waals surface area contributed by atoms with Crippen LogP contribution in [0.25, 0.3) is 21.5 Å². The number of rotatable bonds is 6. The lowest BCUT2D eigenvalue weighted by molar-refractivity contribution is -0.140. The van der Waals surface area contributed by atoms with E-state index in [2.05, 4.69) is 4.98 Å². The van der Waals surface area contributed by atoms with Crippen LogP contribution in [0.1, 0.15) is 21.8 Å². The molecular weight excluding hydrogens is 476 g/mol. The number of aromatic nitrogens is 2. The molecule has 0 unspecified atom stereocenters. The van der Waals surface area contributed by atoms with Gasteiger partial charge in [-0.2, -0.15) is 13.2 Å². The molecule has 4 rings (SSSR count). The number of fused-ring (bicyclic) bond motifs is 1. The van der Waals surface area contributed by atoms with Crippen molar-refractivity contribution in [3.8, 4) is 10.6 Å². The molecule has 4 aromatic rings. The molecule has 0 aliphatic heterocycles. The Morgan fingerprint density at radius 1 is 1.15 bits per heavy atom. The number of nitrogens with zero attached hydrogens (tertiary/aromatic N) is 2. The zero-order valence-corrected chi connectivity index (χ0v) is 19.2. The van der Waals surface area contributed by atoms with Gasteiger partial charge in [-0.3, -0.25) is 4.79 Å². The fourth-order valence-electron chi connectivity index (χ4n) is 3.53. The summed E-state index contributed by atoms with van der Waals surface area (Å²) >= 11 is 2.89. The summed E-state index contributed by atoms with van der Waals surface area (Å²) in [7, 11) is 0. The number of aryl methyl sites for hydroxylation is 2. The summed E-state index contributed by atoms with van der Waals surface area (Å²) in [5.41, 5.74) is 1.47. The first-order chi connectivity index (χ1) is 15.5. The molecule has 33 heavy (non-hydrogen) atoms. The highest BCUT2D eigenvalue weighted by atomic mass is 32.2. The van der Waals surface area contributed by atoms with Crippen molar-refractivity contribution in [2.45, 2.75) is 37.2 Å². The minimum absolute atomic E-state index is 0.102. The number of thiazole rings is 1. The van der Waals surface area contributed by atoms with Crippen molar-refractivity contribution in [1.82, 2.24) is 9.55 Å². The first-order valence-electron chi connectivity index (χ1n) is 9.81. The molecule has 0 saturated heterocycles. The molecule has 1 N–H and O–H groups in total. The van der Waals surface area contributed by atoms with Crippen LogP contribution in [0.5, 0.6) is 0 Å². The van der Waals surface area contributed by atoms with Crippen LogP contribution >= 0.6 is 23.1 Å². The van der Waals surface area contributed by atoms with Crippen LogP contribution in [-0.4, -0.2) is 20.6 Å². The van der Waals surface area contributed by atoms with Gasteiger partial charge in [0.2, 0.25) is 0 Å². The van der Waals surface area contributed by atoms with E-state index in [1.54, 1.807) is 16.3 Å². The molecule has 10 heteroatoms. The number of aliphatic carboxylic acids is 1. The minimum Gasteiger partial charge on any atom is -0.480 e. The Kier molecular flexibility index (Phi) is 6.24. The number of carbonyl (C=O) groups is 1. The molecule has 0 aliphatic rings. The second kappa shape index (κ2) is 8.83. The molecular formula is C23H18F4N2O2S2. The van der Waals surface area contributed by atoms with E-state index >= 15 is 0 Å². The lowest BCUT2D eigenvalue weighted by atomic mass is 10.1. The normalized spacial score (nSPS) is 11.9. The number of hydrogen-bond acceptors (Lipinski definition) is 4. The Balaban J connectivity index is 1.52. The van der Waals surface area contributed by atoms with Crippen LogP contribution in [0.4, 0.5) is 17.6 Å². The van der Waals surface area contributed by atoms with Crippen molar-refractivity contribution < 1.29 is 27.5 Å². The molecule has 172 valence electrons. The molecule has 0 amide bonds. The summed E-state index contributed by atoms with van der Waals surface area (Å²) in [6.07, 6.45) is -4.74. The van der Waals surface area contributed by atoms with Crippen LogP contribution < -0.4 is 0 Å². The molecule has 2 aromatic carbocycles. The molecule has 2 heterocycles. The highest BCUT2D eigenvalue weighted by Crippen LogP contribution is 2.37. The van der Waals surface area contributed by atoms with Crippen molar-refractivity contribution in [3.05, 3.63) is 70.1 Å². The van der Waals surface area contributed by atoms with E-state index in [1.807, 2.05) is 38.1 Å². The Hall–Kier alpha value is -2.85. The zero-order chi connectivity index (χ0) is 23.9. The van der Waals surface area contributed by atoms with Gasteiger partial charge in [0.25, 0.3) is 0 Å². The summed E-state index contributed by atoms with van der Waals surface area (Å²) in [4.78, 5) is 17.5. The van der Waals surface area contributed by atoms with Crippen LogP contribution in [-0.2, 0) is 23.3 Å². The van der Waals surface area contributed by atoms with E-state index in [0.29, 0.717) is 16.3 Å². The van der Waals surface area contributed by atoms with Crippen LogP contribution in [0.3, 0.4) is 0 Å². The first-order valence-corrected chi connectivity index (χ1v) is 11.6. The monoisotopic (exact) mass is 494 g/mol. The predicted octanol–water partition coefficient (Wildman–Crippen LogP) is 6.92. The van der Waals surface area contributed by atoms with Gasteiger partial charge in [0.15, 0.2) is 0 Å². The smallest absolute Gasteiger partial charge is 0.419 e. The van der Waals surface area contributed by atoms with Gasteiger partial charge in [0.05, 0.1) is 11.3 Å². The Labute approximate surface area is 194 Å². The molecule has 4 nitrogen and oxygen atoms in total. The molecule has 0 aliphatic carbocycles. The third kappa shape index (κ3) is 4.91. The number of thioether (sulfide) groups is 1. The average molecular weight is 495 g/mol. The Morgan fingerprint density at radius 2 is 1.91 bits per heavy atom. The lowest BCUT2D eigenvalue weighted by Gasteiger charge is -2.08. The first kappa shape index (κ1) is 23.3. The van der Waals surface area contributed by atoms with E-state index in [1.165, 1.54) is 17.4 Å². The number of benzene rings is 2. The topological polar surface area (TPSA) is 55.1 Å². The SMILES string of the molecule is Cc1nc(-c2ccc(C(F)(F)F)c(F)c2)sc1CSc1ccc2c(c1)cc(C)n2CC(=O)O. The fourth-order valence-corrected chi connectivity index (χ4v) is 5.68. The average Bonchev–Trinajstić information content (AvgIpc) is 3.24. The van der Waals surface area contributed by atoms with Gasteiger partial charge in [-0.25, -0.2) is 9.37 Å². The number of halogens is 4. The van der Waals surface area contributed by atoms with Crippen LogP contribution in [0, 0.1) is 19.7 Å². The van der Waals surface area contributed by atoms with Gasteiger partial charge in [-0.15, -0.1) is 23.1 Å². The molecule has 0 bridgehead atoms. The van der Waals surface area contributed by atoms with Gasteiger partial charge in [0, 0.05) is 37.7 Å². The van der Waals surface area contributed by atoms with E-state index in [0.717, 1.165) is 44.2 Å². The van der Waals surface area contributed by atoms with Crippen molar-refractivity contribution in [2.75, 3.05) is 0 Å². The van der Waals surface area contributed by atoms with E-state index < -0.39 is 23.5 Å².